The molecular weight excluding hydrogens is 550 g/mol. The highest BCUT2D eigenvalue weighted by Crippen LogP contribution is 2.51. The van der Waals surface area contributed by atoms with Gasteiger partial charge >= 0.3 is 0 Å². The van der Waals surface area contributed by atoms with Crippen LogP contribution in [0.15, 0.2) is 65.1 Å². The summed E-state index contributed by atoms with van der Waals surface area (Å²) in [4.78, 5) is 25.4. The number of benzene rings is 3. The minimum Gasteiger partial charge on any atom is -0.493 e. The third-order valence-electron chi connectivity index (χ3n) is 6.90. The molecule has 186 valence electrons. The highest BCUT2D eigenvalue weighted by Gasteiger charge is 2.67. The first kappa shape index (κ1) is 24.5. The van der Waals surface area contributed by atoms with Crippen LogP contribution in [0.1, 0.15) is 29.5 Å². The Morgan fingerprint density at radius 3 is 2.58 bits per heavy atom. The van der Waals surface area contributed by atoms with Crippen molar-refractivity contribution in [2.75, 3.05) is 12.4 Å². The Bertz CT molecular complexity index is 1350. The van der Waals surface area contributed by atoms with Crippen molar-refractivity contribution in [3.05, 3.63) is 97.0 Å². The van der Waals surface area contributed by atoms with Crippen molar-refractivity contribution in [3.63, 3.8) is 0 Å². The number of fused-ring (bicyclic) bond motifs is 2. The number of hydrogen-bond donors (Lipinski definition) is 2. The van der Waals surface area contributed by atoms with E-state index in [2.05, 4.69) is 26.6 Å². The molecule has 5 rings (SSSR count). The van der Waals surface area contributed by atoms with Gasteiger partial charge in [0.1, 0.15) is 6.61 Å². The van der Waals surface area contributed by atoms with E-state index >= 15 is 0 Å². The summed E-state index contributed by atoms with van der Waals surface area (Å²) in [5.74, 6) is -0.132. The second-order valence-corrected chi connectivity index (χ2v) is 10.2. The molecule has 0 bridgehead atoms. The summed E-state index contributed by atoms with van der Waals surface area (Å²) in [5, 5.41) is 19.3. The molecule has 0 aromatic heterocycles. The Hall–Kier alpha value is -3.14. The van der Waals surface area contributed by atoms with Gasteiger partial charge in [-0.25, -0.2) is 0 Å². The maximum absolute atomic E-state index is 13.2. The van der Waals surface area contributed by atoms with Crippen molar-refractivity contribution in [1.29, 1.82) is 0 Å². The van der Waals surface area contributed by atoms with Gasteiger partial charge < -0.3 is 14.8 Å². The molecule has 1 spiro atoms. The van der Waals surface area contributed by atoms with Crippen LogP contribution in [-0.4, -0.2) is 30.0 Å². The zero-order valence-corrected chi connectivity index (χ0v) is 21.8. The normalized spacial score (nSPS) is 24.4. The van der Waals surface area contributed by atoms with E-state index < -0.39 is 23.4 Å². The Morgan fingerprint density at radius 1 is 1.17 bits per heavy atom. The zero-order valence-electron chi connectivity index (χ0n) is 19.5. The lowest BCUT2D eigenvalue weighted by atomic mass is 9.78. The van der Waals surface area contributed by atoms with Crippen molar-refractivity contribution in [1.82, 2.24) is 5.32 Å². The summed E-state index contributed by atoms with van der Waals surface area (Å²) < 4.78 is 12.2. The number of anilines is 1. The SMILES string of the molecule is COc1cc([C@@H]2[C@H](C)N[C@]3(C(=O)Nc4ccccc43)[C@H]2[N+](=O)[O-])cc(Br)c1OCc1ccc(Cl)cc1. The van der Waals surface area contributed by atoms with Gasteiger partial charge in [-0.05, 0) is 64.3 Å². The van der Waals surface area contributed by atoms with Crippen LogP contribution < -0.4 is 20.1 Å². The molecule has 4 atom stereocenters. The molecule has 1 fully saturated rings. The molecule has 2 N–H and O–H groups in total. The molecule has 0 saturated carbocycles. The number of nitrogens with one attached hydrogen (secondary N) is 2. The highest BCUT2D eigenvalue weighted by molar-refractivity contribution is 9.10. The number of hydrogen-bond acceptors (Lipinski definition) is 6. The van der Waals surface area contributed by atoms with Gasteiger partial charge in [0, 0.05) is 27.2 Å². The topological polar surface area (TPSA) is 103 Å². The molecule has 1 saturated heterocycles. The van der Waals surface area contributed by atoms with Crippen LogP contribution >= 0.6 is 27.5 Å². The van der Waals surface area contributed by atoms with Crippen molar-refractivity contribution in [3.8, 4) is 11.5 Å². The maximum Gasteiger partial charge on any atom is 0.256 e. The average Bonchev–Trinajstić information content (AvgIpc) is 3.32. The van der Waals surface area contributed by atoms with Crippen LogP contribution in [0, 0.1) is 10.1 Å². The number of rotatable bonds is 6. The molecule has 0 aliphatic carbocycles. The largest absolute Gasteiger partial charge is 0.493 e. The van der Waals surface area contributed by atoms with E-state index in [4.69, 9.17) is 21.1 Å². The molecule has 8 nitrogen and oxygen atoms in total. The summed E-state index contributed by atoms with van der Waals surface area (Å²) >= 11 is 9.53. The average molecular weight is 573 g/mol. The number of halogens is 2. The van der Waals surface area contributed by atoms with Crippen LogP contribution in [0.25, 0.3) is 0 Å². The molecular formula is C26H23BrClN3O5. The molecule has 0 unspecified atom stereocenters. The van der Waals surface area contributed by atoms with Crippen molar-refractivity contribution >= 4 is 39.1 Å². The third kappa shape index (κ3) is 3.91. The summed E-state index contributed by atoms with van der Waals surface area (Å²) in [5.41, 5.74) is 1.27. The van der Waals surface area contributed by atoms with Gasteiger partial charge in [0.05, 0.1) is 17.5 Å². The van der Waals surface area contributed by atoms with Crippen molar-refractivity contribution in [2.24, 2.45) is 0 Å². The number of carbonyl (C=O) groups is 1. The minimum atomic E-state index is -1.48. The molecule has 2 heterocycles. The molecule has 1 amide bonds. The van der Waals surface area contributed by atoms with Crippen molar-refractivity contribution in [2.45, 2.75) is 37.1 Å². The van der Waals surface area contributed by atoms with E-state index in [1.54, 1.807) is 48.5 Å². The predicted octanol–water partition coefficient (Wildman–Crippen LogP) is 5.26. The van der Waals surface area contributed by atoms with E-state index in [-0.39, 0.29) is 17.6 Å². The molecule has 10 heteroatoms. The fourth-order valence-electron chi connectivity index (χ4n) is 5.36. The Kier molecular flexibility index (Phi) is 6.40. The number of nitro groups is 1. The highest BCUT2D eigenvalue weighted by atomic mass is 79.9. The fraction of sp³-hybridized carbons (Fsp3) is 0.269. The summed E-state index contributed by atoms with van der Waals surface area (Å²) in [7, 11) is 1.52. The monoisotopic (exact) mass is 571 g/mol. The molecule has 2 aliphatic heterocycles. The maximum atomic E-state index is 13.2. The molecule has 36 heavy (non-hydrogen) atoms. The summed E-state index contributed by atoms with van der Waals surface area (Å²) in [6.07, 6.45) is 0. The van der Waals surface area contributed by atoms with E-state index in [1.165, 1.54) is 7.11 Å². The van der Waals surface area contributed by atoms with Crippen molar-refractivity contribution < 1.29 is 19.2 Å². The first-order valence-electron chi connectivity index (χ1n) is 11.3. The van der Waals surface area contributed by atoms with E-state index in [9.17, 15) is 14.9 Å². The molecule has 2 aliphatic rings. The van der Waals surface area contributed by atoms with E-state index in [0.717, 1.165) is 5.56 Å². The van der Waals surface area contributed by atoms with Gasteiger partial charge in [-0.3, -0.25) is 20.2 Å². The van der Waals surface area contributed by atoms with Gasteiger partial charge in [-0.2, -0.15) is 0 Å². The fourth-order valence-corrected chi connectivity index (χ4v) is 6.06. The van der Waals surface area contributed by atoms with Gasteiger partial charge in [-0.1, -0.05) is 41.9 Å². The lowest BCUT2D eigenvalue weighted by Gasteiger charge is -2.25. The zero-order chi connectivity index (χ0) is 25.6. The smallest absolute Gasteiger partial charge is 0.256 e. The Labute approximate surface area is 221 Å². The molecule has 0 radical (unpaired) electrons. The van der Waals surface area contributed by atoms with Crippen LogP contribution in [0.5, 0.6) is 11.5 Å². The quantitative estimate of drug-likeness (QED) is 0.309. The predicted molar refractivity (Wildman–Crippen MR) is 139 cm³/mol. The number of ether oxygens (including phenoxy) is 2. The number of carbonyl (C=O) groups excluding carboxylic acids is 1. The van der Waals surface area contributed by atoms with Crippen LogP contribution in [0.4, 0.5) is 5.69 Å². The van der Waals surface area contributed by atoms with Crippen LogP contribution in [-0.2, 0) is 16.9 Å². The number of methoxy groups -OCH3 is 1. The van der Waals surface area contributed by atoms with Gasteiger partial charge in [0.2, 0.25) is 0 Å². The lowest BCUT2D eigenvalue weighted by Crippen LogP contribution is -2.54. The number of para-hydroxylation sites is 1. The third-order valence-corrected chi connectivity index (χ3v) is 7.74. The molecule has 3 aromatic carbocycles. The second kappa shape index (κ2) is 9.38. The Balaban J connectivity index is 1.53. The van der Waals surface area contributed by atoms with Gasteiger partial charge in [-0.15, -0.1) is 0 Å². The standard InChI is InChI=1S/C26H23BrClN3O5/c1-14-22(24(31(33)34)26(30-14)18-5-3-4-6-20(18)29-25(26)32)16-11-19(27)23(21(12-16)35-2)36-13-15-7-9-17(28)10-8-15/h3-12,14,22,24,30H,13H2,1-2H3,(H,29,32)/t14-,22-,24-,26-/m0/s1. The van der Waals surface area contributed by atoms with Gasteiger partial charge in [0.15, 0.2) is 17.0 Å². The van der Waals surface area contributed by atoms with E-state index in [0.29, 0.717) is 37.8 Å². The Morgan fingerprint density at radius 2 is 1.89 bits per heavy atom. The second-order valence-electron chi connectivity index (χ2n) is 8.95. The first-order valence-corrected chi connectivity index (χ1v) is 12.5. The number of amides is 1. The van der Waals surface area contributed by atoms with Crippen LogP contribution in [0.2, 0.25) is 5.02 Å². The van der Waals surface area contributed by atoms with E-state index in [1.807, 2.05) is 19.1 Å². The number of nitrogens with zero attached hydrogens (tertiary/aromatic N) is 1. The lowest BCUT2D eigenvalue weighted by molar-refractivity contribution is -0.532. The summed E-state index contributed by atoms with van der Waals surface area (Å²) in [6, 6.07) is 16.3. The first-order chi connectivity index (χ1) is 17.3. The molecule has 3 aromatic rings. The van der Waals surface area contributed by atoms with Crippen LogP contribution in [0.3, 0.4) is 0 Å². The minimum absolute atomic E-state index is 0.282. The van der Waals surface area contributed by atoms with Gasteiger partial charge in [0.25, 0.3) is 11.9 Å². The summed E-state index contributed by atoms with van der Waals surface area (Å²) in [6.45, 7) is 2.14.